The van der Waals surface area contributed by atoms with Gasteiger partial charge in [0.1, 0.15) is 5.58 Å². The maximum Gasteiger partial charge on any atom is 0.287 e. The Hall–Kier alpha value is -1.85. The van der Waals surface area contributed by atoms with Crippen LogP contribution in [0.4, 0.5) is 0 Å². The molecule has 0 aliphatic carbocycles. The van der Waals surface area contributed by atoms with E-state index in [-0.39, 0.29) is 19.1 Å². The zero-order valence-electron chi connectivity index (χ0n) is 11.9. The Kier molecular flexibility index (Phi) is 4.42. The number of aliphatic hydroxyl groups is 1. The quantitative estimate of drug-likeness (QED) is 0.874. The van der Waals surface area contributed by atoms with Gasteiger partial charge >= 0.3 is 0 Å². The molecule has 1 atom stereocenters. The minimum atomic E-state index is -0.727. The first-order valence-corrected chi connectivity index (χ1v) is 6.48. The number of carbonyl (C=O) groups is 1. The van der Waals surface area contributed by atoms with Gasteiger partial charge in [-0.1, -0.05) is 18.2 Å². The van der Waals surface area contributed by atoms with Crippen LogP contribution in [0.25, 0.3) is 11.0 Å². The maximum atomic E-state index is 12.1. The molecule has 1 aromatic heterocycles. The van der Waals surface area contributed by atoms with Gasteiger partial charge in [-0.15, -0.1) is 0 Å². The van der Waals surface area contributed by atoms with Crippen molar-refractivity contribution in [2.75, 3.05) is 20.3 Å². The van der Waals surface area contributed by atoms with Gasteiger partial charge in [-0.05, 0) is 19.4 Å². The van der Waals surface area contributed by atoms with Crippen LogP contribution >= 0.6 is 0 Å². The van der Waals surface area contributed by atoms with E-state index in [2.05, 4.69) is 5.32 Å². The third kappa shape index (κ3) is 2.84. The van der Waals surface area contributed by atoms with Crippen LogP contribution < -0.4 is 5.32 Å². The highest BCUT2D eigenvalue weighted by Gasteiger charge is 2.18. The summed E-state index contributed by atoms with van der Waals surface area (Å²) in [6, 6.07) is 5.80. The molecule has 0 aliphatic rings. The van der Waals surface area contributed by atoms with Gasteiger partial charge in [0.05, 0.1) is 12.7 Å². The van der Waals surface area contributed by atoms with Crippen LogP contribution in [0.5, 0.6) is 0 Å². The zero-order chi connectivity index (χ0) is 14.7. The molecule has 1 amide bonds. The minimum Gasteiger partial charge on any atom is -0.450 e. The van der Waals surface area contributed by atoms with Gasteiger partial charge in [0.15, 0.2) is 5.76 Å². The van der Waals surface area contributed by atoms with Crippen molar-refractivity contribution in [1.82, 2.24) is 5.32 Å². The van der Waals surface area contributed by atoms with Gasteiger partial charge in [0, 0.05) is 24.6 Å². The number of methoxy groups -OCH3 is 1. The predicted molar refractivity (Wildman–Crippen MR) is 75.9 cm³/mol. The van der Waals surface area contributed by atoms with E-state index in [0.29, 0.717) is 5.76 Å². The Bertz CT molecular complexity index is 618. The number of hydrogen-bond donors (Lipinski definition) is 2. The molecule has 108 valence electrons. The summed E-state index contributed by atoms with van der Waals surface area (Å²) in [7, 11) is 1.50. The highest BCUT2D eigenvalue weighted by molar-refractivity contribution is 5.99. The molecule has 5 nitrogen and oxygen atoms in total. The van der Waals surface area contributed by atoms with E-state index in [1.165, 1.54) is 7.11 Å². The van der Waals surface area contributed by atoms with E-state index in [1.54, 1.807) is 0 Å². The number of aryl methyl sites for hydroxylation is 2. The summed E-state index contributed by atoms with van der Waals surface area (Å²) in [6.45, 7) is 4.10. The van der Waals surface area contributed by atoms with E-state index < -0.39 is 6.10 Å². The van der Waals surface area contributed by atoms with E-state index in [4.69, 9.17) is 9.15 Å². The first kappa shape index (κ1) is 14.6. The van der Waals surface area contributed by atoms with Crippen LogP contribution in [0, 0.1) is 13.8 Å². The van der Waals surface area contributed by atoms with Crippen LogP contribution in [-0.2, 0) is 4.74 Å². The fourth-order valence-corrected chi connectivity index (χ4v) is 2.14. The molecule has 0 saturated heterocycles. The number of carbonyl (C=O) groups excluding carboxylic acids is 1. The lowest BCUT2D eigenvalue weighted by Crippen LogP contribution is -2.34. The number of rotatable bonds is 5. The van der Waals surface area contributed by atoms with Crippen LogP contribution in [0.15, 0.2) is 22.6 Å². The number of furan rings is 1. The van der Waals surface area contributed by atoms with E-state index in [0.717, 1.165) is 22.1 Å². The molecule has 2 aromatic rings. The summed E-state index contributed by atoms with van der Waals surface area (Å²) in [6.07, 6.45) is -0.727. The highest BCUT2D eigenvalue weighted by Crippen LogP contribution is 2.27. The fourth-order valence-electron chi connectivity index (χ4n) is 2.14. The molecule has 0 aliphatic heterocycles. The van der Waals surface area contributed by atoms with Crippen molar-refractivity contribution in [3.05, 3.63) is 35.1 Å². The molecule has 1 unspecified atom stereocenters. The summed E-state index contributed by atoms with van der Waals surface area (Å²) in [5, 5.41) is 13.1. The number of ether oxygens (including phenoxy) is 1. The molecule has 20 heavy (non-hydrogen) atoms. The average molecular weight is 277 g/mol. The molecule has 2 N–H and O–H groups in total. The first-order valence-electron chi connectivity index (χ1n) is 6.48. The van der Waals surface area contributed by atoms with Gasteiger partial charge < -0.3 is 19.6 Å². The van der Waals surface area contributed by atoms with Crippen molar-refractivity contribution in [2.24, 2.45) is 0 Å². The molecule has 0 spiro atoms. The molecule has 5 heteroatoms. The lowest BCUT2D eigenvalue weighted by atomic mass is 10.1. The third-order valence-electron chi connectivity index (χ3n) is 3.22. The fraction of sp³-hybridized carbons (Fsp3) is 0.400. The lowest BCUT2D eigenvalue weighted by Gasteiger charge is -2.09. The maximum absolute atomic E-state index is 12.1. The Morgan fingerprint density at radius 3 is 2.85 bits per heavy atom. The highest BCUT2D eigenvalue weighted by atomic mass is 16.5. The van der Waals surface area contributed by atoms with Gasteiger partial charge in [-0.2, -0.15) is 0 Å². The van der Waals surface area contributed by atoms with Crippen molar-refractivity contribution in [3.63, 3.8) is 0 Å². The first-order chi connectivity index (χ1) is 9.54. The molecule has 0 fully saturated rings. The van der Waals surface area contributed by atoms with E-state index in [9.17, 15) is 9.90 Å². The molecule has 1 aromatic carbocycles. The summed E-state index contributed by atoms with van der Waals surface area (Å²) in [5.41, 5.74) is 2.53. The van der Waals surface area contributed by atoms with Gasteiger partial charge in [-0.3, -0.25) is 4.79 Å². The van der Waals surface area contributed by atoms with E-state index >= 15 is 0 Å². The summed E-state index contributed by atoms with van der Waals surface area (Å²) >= 11 is 0. The number of para-hydroxylation sites is 1. The standard InChI is InChI=1S/C15H19NO4/c1-9-5-4-6-12-10(2)14(20-13(9)12)15(18)16-7-11(17)8-19-3/h4-6,11,17H,7-8H2,1-3H3,(H,16,18). The largest absolute Gasteiger partial charge is 0.450 e. The van der Waals surface area contributed by atoms with Crippen LogP contribution in [-0.4, -0.2) is 37.4 Å². The molecule has 2 rings (SSSR count). The molecule has 0 radical (unpaired) electrons. The zero-order valence-corrected chi connectivity index (χ0v) is 11.9. The van der Waals surface area contributed by atoms with Crippen molar-refractivity contribution in [2.45, 2.75) is 20.0 Å². The normalized spacial score (nSPS) is 12.6. The number of hydrogen-bond acceptors (Lipinski definition) is 4. The van der Waals surface area contributed by atoms with Crippen LogP contribution in [0.2, 0.25) is 0 Å². The average Bonchev–Trinajstić information content (AvgIpc) is 2.76. The second-order valence-corrected chi connectivity index (χ2v) is 4.83. The Morgan fingerprint density at radius 2 is 2.20 bits per heavy atom. The number of amides is 1. The number of benzene rings is 1. The van der Waals surface area contributed by atoms with Crippen molar-refractivity contribution < 1.29 is 19.1 Å². The molecular weight excluding hydrogens is 258 g/mol. The molecule has 0 saturated carbocycles. The Morgan fingerprint density at radius 1 is 1.45 bits per heavy atom. The predicted octanol–water partition coefficient (Wildman–Crippen LogP) is 1.79. The van der Waals surface area contributed by atoms with Gasteiger partial charge in [0.25, 0.3) is 5.91 Å². The molecule has 0 bridgehead atoms. The number of aliphatic hydroxyl groups excluding tert-OH is 1. The minimum absolute atomic E-state index is 0.127. The molecular formula is C15H19NO4. The lowest BCUT2D eigenvalue weighted by molar-refractivity contribution is 0.0603. The monoisotopic (exact) mass is 277 g/mol. The number of fused-ring (bicyclic) bond motifs is 1. The summed E-state index contributed by atoms with van der Waals surface area (Å²) in [4.78, 5) is 12.1. The van der Waals surface area contributed by atoms with Crippen molar-refractivity contribution >= 4 is 16.9 Å². The van der Waals surface area contributed by atoms with Crippen molar-refractivity contribution in [3.8, 4) is 0 Å². The Balaban J connectivity index is 2.18. The van der Waals surface area contributed by atoms with Gasteiger partial charge in [-0.25, -0.2) is 0 Å². The molecule has 1 heterocycles. The third-order valence-corrected chi connectivity index (χ3v) is 3.22. The van der Waals surface area contributed by atoms with Crippen LogP contribution in [0.3, 0.4) is 0 Å². The second-order valence-electron chi connectivity index (χ2n) is 4.83. The van der Waals surface area contributed by atoms with Crippen LogP contribution in [0.1, 0.15) is 21.7 Å². The smallest absolute Gasteiger partial charge is 0.287 e. The summed E-state index contributed by atoms with van der Waals surface area (Å²) < 4.78 is 10.5. The Labute approximate surface area is 117 Å². The van der Waals surface area contributed by atoms with Crippen molar-refractivity contribution in [1.29, 1.82) is 0 Å². The van der Waals surface area contributed by atoms with E-state index in [1.807, 2.05) is 32.0 Å². The SMILES string of the molecule is COCC(O)CNC(=O)c1oc2c(C)cccc2c1C. The topological polar surface area (TPSA) is 71.7 Å². The summed E-state index contributed by atoms with van der Waals surface area (Å²) in [5.74, 6) is -0.0350. The van der Waals surface area contributed by atoms with Gasteiger partial charge in [0.2, 0.25) is 0 Å². The second kappa shape index (κ2) is 6.07. The number of nitrogens with one attached hydrogen (secondary N) is 1.